The van der Waals surface area contributed by atoms with Crippen molar-refractivity contribution in [2.24, 2.45) is 0 Å². The summed E-state index contributed by atoms with van der Waals surface area (Å²) in [5, 5.41) is 9.52. The zero-order valence-corrected chi connectivity index (χ0v) is 16.5. The van der Waals surface area contributed by atoms with Gasteiger partial charge in [-0.3, -0.25) is 9.36 Å². The lowest BCUT2D eigenvalue weighted by Crippen LogP contribution is -2.05. The van der Waals surface area contributed by atoms with Crippen LogP contribution in [0.4, 0.5) is 0 Å². The molecule has 0 spiro atoms. The van der Waals surface area contributed by atoms with E-state index in [1.165, 1.54) is 17.3 Å². The van der Waals surface area contributed by atoms with E-state index in [9.17, 15) is 4.79 Å². The molecule has 4 aromatic rings. The number of hydrogen-bond donors (Lipinski definition) is 1. The van der Waals surface area contributed by atoms with Crippen LogP contribution in [0.3, 0.4) is 0 Å². The van der Waals surface area contributed by atoms with Gasteiger partial charge < -0.3 is 4.98 Å². The van der Waals surface area contributed by atoms with Crippen molar-refractivity contribution in [3.8, 4) is 17.1 Å². The molecule has 6 heteroatoms. The monoisotopic (exact) mass is 388 g/mol. The van der Waals surface area contributed by atoms with Gasteiger partial charge in [-0.15, -0.1) is 10.2 Å². The van der Waals surface area contributed by atoms with Crippen molar-refractivity contribution in [1.82, 2.24) is 19.7 Å². The van der Waals surface area contributed by atoms with Crippen molar-refractivity contribution in [3.63, 3.8) is 0 Å². The van der Waals surface area contributed by atoms with Gasteiger partial charge in [0.1, 0.15) is 0 Å². The SMILES string of the molecule is Cc1ccc(-n2c(SCC(=O)c3ccc[nH]3)nnc2-c2cccc(C)c2)cc1. The molecule has 0 aliphatic heterocycles. The van der Waals surface area contributed by atoms with Crippen LogP contribution in [0.5, 0.6) is 0 Å². The second-order valence-corrected chi connectivity index (χ2v) is 7.58. The Morgan fingerprint density at radius 1 is 1.00 bits per heavy atom. The summed E-state index contributed by atoms with van der Waals surface area (Å²) in [5.41, 5.74) is 4.92. The summed E-state index contributed by atoms with van der Waals surface area (Å²) in [7, 11) is 0. The first-order chi connectivity index (χ1) is 13.6. The molecule has 1 N–H and O–H groups in total. The normalized spacial score (nSPS) is 10.9. The molecule has 0 radical (unpaired) electrons. The highest BCUT2D eigenvalue weighted by Crippen LogP contribution is 2.29. The second-order valence-electron chi connectivity index (χ2n) is 6.64. The largest absolute Gasteiger partial charge is 0.359 e. The predicted molar refractivity (Wildman–Crippen MR) is 112 cm³/mol. The minimum atomic E-state index is 0.0329. The number of H-pyrrole nitrogens is 1. The quantitative estimate of drug-likeness (QED) is 0.379. The third-order valence-corrected chi connectivity index (χ3v) is 5.36. The van der Waals surface area contributed by atoms with Gasteiger partial charge in [0.25, 0.3) is 0 Å². The Morgan fingerprint density at radius 3 is 2.54 bits per heavy atom. The van der Waals surface area contributed by atoms with Crippen molar-refractivity contribution in [1.29, 1.82) is 0 Å². The maximum absolute atomic E-state index is 12.4. The Balaban J connectivity index is 1.72. The summed E-state index contributed by atoms with van der Waals surface area (Å²) in [6, 6.07) is 20.0. The molecular weight excluding hydrogens is 368 g/mol. The topological polar surface area (TPSA) is 63.6 Å². The van der Waals surface area contributed by atoms with Crippen molar-refractivity contribution in [2.75, 3.05) is 5.75 Å². The highest BCUT2D eigenvalue weighted by molar-refractivity contribution is 7.99. The van der Waals surface area contributed by atoms with E-state index in [1.807, 2.05) is 22.8 Å². The fourth-order valence-electron chi connectivity index (χ4n) is 2.97. The van der Waals surface area contributed by atoms with E-state index in [1.54, 1.807) is 12.3 Å². The zero-order chi connectivity index (χ0) is 19.5. The lowest BCUT2D eigenvalue weighted by atomic mass is 10.1. The minimum absolute atomic E-state index is 0.0329. The summed E-state index contributed by atoms with van der Waals surface area (Å²) < 4.78 is 2.01. The third kappa shape index (κ3) is 3.77. The zero-order valence-electron chi connectivity index (χ0n) is 15.7. The Morgan fingerprint density at radius 2 is 1.82 bits per heavy atom. The molecule has 2 aromatic heterocycles. The molecular formula is C22H20N4OS. The molecule has 28 heavy (non-hydrogen) atoms. The van der Waals surface area contributed by atoms with E-state index in [2.05, 4.69) is 65.4 Å². The van der Waals surface area contributed by atoms with Gasteiger partial charge in [0.15, 0.2) is 16.8 Å². The minimum Gasteiger partial charge on any atom is -0.359 e. The first-order valence-corrected chi connectivity index (χ1v) is 9.99. The summed E-state index contributed by atoms with van der Waals surface area (Å²) in [6.45, 7) is 4.11. The molecule has 2 heterocycles. The highest BCUT2D eigenvalue weighted by Gasteiger charge is 2.18. The van der Waals surface area contributed by atoms with Crippen LogP contribution < -0.4 is 0 Å². The van der Waals surface area contributed by atoms with Crippen LogP contribution >= 0.6 is 11.8 Å². The summed E-state index contributed by atoms with van der Waals surface area (Å²) in [6.07, 6.45) is 1.75. The molecule has 0 saturated carbocycles. The first-order valence-electron chi connectivity index (χ1n) is 9.01. The van der Waals surface area contributed by atoms with Crippen LogP contribution in [0.25, 0.3) is 17.1 Å². The lowest BCUT2D eigenvalue weighted by molar-refractivity contribution is 0.101. The van der Waals surface area contributed by atoms with Crippen LogP contribution in [0.1, 0.15) is 21.6 Å². The lowest BCUT2D eigenvalue weighted by Gasteiger charge is -2.11. The maximum atomic E-state index is 12.4. The molecule has 5 nitrogen and oxygen atoms in total. The van der Waals surface area contributed by atoms with E-state index in [0.29, 0.717) is 16.6 Å². The molecule has 0 amide bonds. The summed E-state index contributed by atoms with van der Waals surface area (Å²) in [5.74, 6) is 1.09. The molecule has 0 aliphatic rings. The molecule has 0 atom stereocenters. The summed E-state index contributed by atoms with van der Waals surface area (Å²) in [4.78, 5) is 15.3. The smallest absolute Gasteiger partial charge is 0.196 e. The van der Waals surface area contributed by atoms with E-state index in [0.717, 1.165) is 22.6 Å². The Hall–Kier alpha value is -3.12. The van der Waals surface area contributed by atoms with Gasteiger partial charge in [0.2, 0.25) is 0 Å². The Bertz CT molecular complexity index is 1100. The Kier molecular flexibility index (Phi) is 5.12. The number of aromatic amines is 1. The number of thioether (sulfide) groups is 1. The van der Waals surface area contributed by atoms with Crippen LogP contribution in [-0.4, -0.2) is 31.3 Å². The first kappa shape index (κ1) is 18.3. The van der Waals surface area contributed by atoms with Gasteiger partial charge in [-0.25, -0.2) is 0 Å². The van der Waals surface area contributed by atoms with Gasteiger partial charge in [-0.05, 0) is 44.2 Å². The number of aryl methyl sites for hydroxylation is 2. The van der Waals surface area contributed by atoms with E-state index < -0.39 is 0 Å². The van der Waals surface area contributed by atoms with Crippen molar-refractivity contribution in [3.05, 3.63) is 83.7 Å². The standard InChI is InChI=1S/C22H20N4OS/c1-15-8-10-18(11-9-15)26-21(17-6-3-5-16(2)13-17)24-25-22(26)28-14-20(27)19-7-4-12-23-19/h3-13,23H,14H2,1-2H3. The molecule has 0 saturated heterocycles. The van der Waals surface area contributed by atoms with E-state index in [-0.39, 0.29) is 5.78 Å². The average molecular weight is 388 g/mol. The van der Waals surface area contributed by atoms with Crippen molar-refractivity contribution >= 4 is 17.5 Å². The molecule has 0 fully saturated rings. The van der Waals surface area contributed by atoms with E-state index in [4.69, 9.17) is 0 Å². The Labute approximate surface area is 167 Å². The fourth-order valence-corrected chi connectivity index (χ4v) is 3.81. The number of carbonyl (C=O) groups excluding carboxylic acids is 1. The number of Topliss-reactive ketones (excluding diaryl/α,β-unsaturated/α-hetero) is 1. The highest BCUT2D eigenvalue weighted by atomic mass is 32.2. The molecule has 0 aliphatic carbocycles. The van der Waals surface area contributed by atoms with Crippen LogP contribution in [0.2, 0.25) is 0 Å². The van der Waals surface area contributed by atoms with Gasteiger partial charge in [-0.1, -0.05) is 53.2 Å². The van der Waals surface area contributed by atoms with Crippen LogP contribution in [-0.2, 0) is 0 Å². The van der Waals surface area contributed by atoms with E-state index >= 15 is 0 Å². The fraction of sp³-hybridized carbons (Fsp3) is 0.136. The number of rotatable bonds is 6. The maximum Gasteiger partial charge on any atom is 0.196 e. The predicted octanol–water partition coefficient (Wildman–Crippen LogP) is 4.85. The number of hydrogen-bond acceptors (Lipinski definition) is 4. The van der Waals surface area contributed by atoms with Crippen LogP contribution in [0, 0.1) is 13.8 Å². The molecule has 2 aromatic carbocycles. The molecule has 0 bridgehead atoms. The number of nitrogens with one attached hydrogen (secondary N) is 1. The van der Waals surface area contributed by atoms with Crippen LogP contribution in [0.15, 0.2) is 72.0 Å². The molecule has 0 unspecified atom stereocenters. The van der Waals surface area contributed by atoms with Gasteiger partial charge in [0, 0.05) is 17.4 Å². The molecule has 4 rings (SSSR count). The number of nitrogens with zero attached hydrogens (tertiary/aromatic N) is 3. The summed E-state index contributed by atoms with van der Waals surface area (Å²) >= 11 is 1.39. The number of ketones is 1. The van der Waals surface area contributed by atoms with Gasteiger partial charge >= 0.3 is 0 Å². The second kappa shape index (κ2) is 7.86. The van der Waals surface area contributed by atoms with Crippen molar-refractivity contribution < 1.29 is 4.79 Å². The number of aromatic nitrogens is 4. The third-order valence-electron chi connectivity index (χ3n) is 4.43. The molecule has 140 valence electrons. The van der Waals surface area contributed by atoms with Gasteiger partial charge in [0.05, 0.1) is 11.4 Å². The number of benzene rings is 2. The van der Waals surface area contributed by atoms with Gasteiger partial charge in [-0.2, -0.15) is 0 Å². The van der Waals surface area contributed by atoms with Crippen molar-refractivity contribution in [2.45, 2.75) is 19.0 Å². The number of carbonyl (C=O) groups is 1. The average Bonchev–Trinajstić information content (AvgIpc) is 3.37.